The van der Waals surface area contributed by atoms with Gasteiger partial charge < -0.3 is 10.1 Å². The maximum Gasteiger partial charge on any atom is 0.416 e. The third-order valence-electron chi connectivity index (χ3n) is 5.49. The molecule has 0 atom stereocenters. The molecular weight excluding hydrogens is 499 g/mol. The molecule has 0 radical (unpaired) electrons. The first-order valence-electron chi connectivity index (χ1n) is 11.2. The monoisotopic (exact) mass is 523 g/mol. The van der Waals surface area contributed by atoms with Crippen molar-refractivity contribution in [2.45, 2.75) is 51.7 Å². The van der Waals surface area contributed by atoms with Crippen molar-refractivity contribution in [3.63, 3.8) is 0 Å². The number of aromatic nitrogens is 3. The second-order valence-corrected chi connectivity index (χ2v) is 9.55. The molecule has 4 rings (SSSR count). The third-order valence-corrected chi connectivity index (χ3v) is 6.90. The molecule has 0 saturated heterocycles. The van der Waals surface area contributed by atoms with E-state index >= 15 is 0 Å². The number of thiophene rings is 1. The Labute approximate surface area is 209 Å². The van der Waals surface area contributed by atoms with Gasteiger partial charge in [0, 0.05) is 4.88 Å². The highest BCUT2D eigenvalue weighted by Gasteiger charge is 2.30. The van der Waals surface area contributed by atoms with Crippen LogP contribution in [0.25, 0.3) is 0 Å². The van der Waals surface area contributed by atoms with Crippen LogP contribution in [0.5, 0.6) is 0 Å². The minimum absolute atomic E-state index is 0.115. The largest absolute Gasteiger partial charge is 0.462 e. The Morgan fingerprint density at radius 1 is 1.23 bits per heavy atom. The lowest BCUT2D eigenvalue weighted by Gasteiger charge is -2.10. The van der Waals surface area contributed by atoms with E-state index < -0.39 is 11.7 Å². The molecule has 1 aliphatic carbocycles. The van der Waals surface area contributed by atoms with E-state index in [2.05, 4.69) is 20.7 Å². The Morgan fingerprint density at radius 3 is 2.80 bits per heavy atom. The van der Waals surface area contributed by atoms with Crippen molar-refractivity contribution in [2.75, 3.05) is 17.2 Å². The summed E-state index contributed by atoms with van der Waals surface area (Å²) in [5.74, 6) is -0.189. The Bertz CT molecular complexity index is 1220. The van der Waals surface area contributed by atoms with Crippen LogP contribution in [0.2, 0.25) is 0 Å². The number of anilines is 2. The van der Waals surface area contributed by atoms with Crippen LogP contribution < -0.4 is 10.6 Å². The number of carbonyl (C=O) groups is 1. The molecule has 0 fully saturated rings. The van der Waals surface area contributed by atoms with Crippen LogP contribution in [0.3, 0.4) is 0 Å². The zero-order valence-corrected chi connectivity index (χ0v) is 20.6. The molecule has 1 aromatic carbocycles. The van der Waals surface area contributed by atoms with Gasteiger partial charge in [0.1, 0.15) is 11.3 Å². The van der Waals surface area contributed by atoms with E-state index in [4.69, 9.17) is 17.0 Å². The van der Waals surface area contributed by atoms with Gasteiger partial charge in [0.05, 0.1) is 24.3 Å². The molecule has 1 aliphatic rings. The topological polar surface area (TPSA) is 81.1 Å². The van der Waals surface area contributed by atoms with Crippen LogP contribution in [-0.2, 0) is 30.3 Å². The van der Waals surface area contributed by atoms with Gasteiger partial charge in [-0.25, -0.2) is 14.5 Å². The van der Waals surface area contributed by atoms with Gasteiger partial charge in [0.2, 0.25) is 5.95 Å². The van der Waals surface area contributed by atoms with Crippen LogP contribution >= 0.6 is 23.6 Å². The molecule has 0 aliphatic heterocycles. The highest BCUT2D eigenvalue weighted by Crippen LogP contribution is 2.38. The SMILES string of the molecule is CCOC(=O)c1c(NC(=S)Nc2ncn(Cc3cccc(C(F)(F)F)c3)n2)sc2c1CCCCC2. The van der Waals surface area contributed by atoms with Crippen molar-refractivity contribution in [1.29, 1.82) is 0 Å². The zero-order chi connectivity index (χ0) is 25.0. The lowest BCUT2D eigenvalue weighted by Crippen LogP contribution is -2.21. The van der Waals surface area contributed by atoms with Gasteiger partial charge in [-0.3, -0.25) is 5.32 Å². The summed E-state index contributed by atoms with van der Waals surface area (Å²) in [5, 5.41) is 11.0. The van der Waals surface area contributed by atoms with E-state index in [-0.39, 0.29) is 30.2 Å². The summed E-state index contributed by atoms with van der Waals surface area (Å²) in [4.78, 5) is 18.0. The summed E-state index contributed by atoms with van der Waals surface area (Å²) in [7, 11) is 0. The lowest BCUT2D eigenvalue weighted by atomic mass is 10.1. The Hall–Kier alpha value is -2.99. The van der Waals surface area contributed by atoms with E-state index in [9.17, 15) is 18.0 Å². The van der Waals surface area contributed by atoms with Gasteiger partial charge in [0.15, 0.2) is 5.11 Å². The number of hydrogen-bond donors (Lipinski definition) is 2. The number of benzene rings is 1. The van der Waals surface area contributed by atoms with Crippen LogP contribution in [-0.4, -0.2) is 32.5 Å². The van der Waals surface area contributed by atoms with Crippen LogP contribution in [0.4, 0.5) is 24.1 Å². The molecule has 0 bridgehead atoms. The summed E-state index contributed by atoms with van der Waals surface area (Å²) in [5.41, 5.74) is 1.28. The molecule has 0 unspecified atom stereocenters. The van der Waals surface area contributed by atoms with Gasteiger partial charge >= 0.3 is 12.1 Å². The fourth-order valence-corrected chi connectivity index (χ4v) is 5.49. The molecule has 2 aromatic heterocycles. The number of carbonyl (C=O) groups excluding carboxylic acids is 1. The summed E-state index contributed by atoms with van der Waals surface area (Å²) in [6.07, 6.45) is 1.95. The summed E-state index contributed by atoms with van der Waals surface area (Å²) in [6, 6.07) is 5.06. The molecule has 0 spiro atoms. The number of esters is 1. The van der Waals surface area contributed by atoms with Crippen LogP contribution in [0.1, 0.15) is 58.1 Å². The second kappa shape index (κ2) is 10.7. The summed E-state index contributed by atoms with van der Waals surface area (Å²) < 4.78 is 45.6. The van der Waals surface area contributed by atoms with Crippen molar-refractivity contribution in [3.8, 4) is 0 Å². The number of rotatable bonds is 6. The lowest BCUT2D eigenvalue weighted by molar-refractivity contribution is -0.137. The van der Waals surface area contributed by atoms with Gasteiger partial charge in [-0.05, 0) is 68.1 Å². The molecule has 7 nitrogen and oxygen atoms in total. The number of fused-ring (bicyclic) bond motifs is 1. The van der Waals surface area contributed by atoms with E-state index in [1.165, 1.54) is 33.3 Å². The van der Waals surface area contributed by atoms with Crippen LogP contribution in [0, 0.1) is 0 Å². The Morgan fingerprint density at radius 2 is 2.03 bits per heavy atom. The molecular formula is C23H24F3N5O2S2. The van der Waals surface area contributed by atoms with Gasteiger partial charge in [-0.1, -0.05) is 18.6 Å². The average molecular weight is 524 g/mol. The minimum atomic E-state index is -4.41. The standard InChI is InChI=1S/C23H24F3N5O2S2/c1-2-33-20(32)18-16-9-4-3-5-10-17(16)35-19(18)28-22(34)29-21-27-13-31(30-21)12-14-7-6-8-15(11-14)23(24,25)26/h6-8,11,13H,2-5,9-10,12H2,1H3,(H2,28,29,30,34). The minimum Gasteiger partial charge on any atom is -0.462 e. The molecule has 0 amide bonds. The number of aryl methyl sites for hydroxylation is 1. The Kier molecular flexibility index (Phi) is 7.70. The van der Waals surface area contributed by atoms with E-state index in [1.807, 2.05) is 0 Å². The number of ether oxygens (including phenoxy) is 1. The number of nitrogens with zero attached hydrogens (tertiary/aromatic N) is 3. The van der Waals surface area contributed by atoms with Crippen molar-refractivity contribution in [2.24, 2.45) is 0 Å². The number of halogens is 3. The van der Waals surface area contributed by atoms with Gasteiger partial charge in [-0.15, -0.1) is 16.4 Å². The van der Waals surface area contributed by atoms with Gasteiger partial charge in [0.25, 0.3) is 0 Å². The molecule has 2 N–H and O–H groups in total. The third kappa shape index (κ3) is 6.17. The van der Waals surface area contributed by atoms with E-state index in [0.717, 1.165) is 49.8 Å². The Balaban J connectivity index is 1.45. The number of nitrogens with one attached hydrogen (secondary N) is 2. The normalized spacial score (nSPS) is 13.6. The maximum absolute atomic E-state index is 13.0. The van der Waals surface area contributed by atoms with Crippen molar-refractivity contribution in [1.82, 2.24) is 14.8 Å². The smallest absolute Gasteiger partial charge is 0.416 e. The highest BCUT2D eigenvalue weighted by atomic mass is 32.1. The first-order chi connectivity index (χ1) is 16.7. The molecule has 0 saturated carbocycles. The van der Waals surface area contributed by atoms with Gasteiger partial charge in [-0.2, -0.15) is 13.2 Å². The van der Waals surface area contributed by atoms with Crippen molar-refractivity contribution in [3.05, 3.63) is 57.7 Å². The quantitative estimate of drug-likeness (QED) is 0.245. The predicted octanol–water partition coefficient (Wildman–Crippen LogP) is 5.66. The fourth-order valence-electron chi connectivity index (χ4n) is 3.95. The highest BCUT2D eigenvalue weighted by molar-refractivity contribution is 7.80. The summed E-state index contributed by atoms with van der Waals surface area (Å²) >= 11 is 6.91. The molecule has 35 heavy (non-hydrogen) atoms. The van der Waals surface area contributed by atoms with E-state index in [0.29, 0.717) is 16.1 Å². The predicted molar refractivity (Wildman–Crippen MR) is 132 cm³/mol. The number of hydrogen-bond acceptors (Lipinski definition) is 6. The number of thiocarbonyl (C=S) groups is 1. The van der Waals surface area contributed by atoms with Crippen molar-refractivity contribution >= 4 is 45.6 Å². The van der Waals surface area contributed by atoms with Crippen LogP contribution in [0.15, 0.2) is 30.6 Å². The molecule has 3 aromatic rings. The first kappa shape index (κ1) is 25.1. The fraction of sp³-hybridized carbons (Fsp3) is 0.391. The molecule has 186 valence electrons. The zero-order valence-electron chi connectivity index (χ0n) is 18.9. The molecule has 2 heterocycles. The van der Waals surface area contributed by atoms with Crippen molar-refractivity contribution < 1.29 is 22.7 Å². The first-order valence-corrected chi connectivity index (χ1v) is 12.4. The summed E-state index contributed by atoms with van der Waals surface area (Å²) in [6.45, 7) is 2.16. The molecule has 12 heteroatoms. The average Bonchev–Trinajstić information content (AvgIpc) is 3.29. The second-order valence-electron chi connectivity index (χ2n) is 8.03. The maximum atomic E-state index is 13.0. The van der Waals surface area contributed by atoms with E-state index in [1.54, 1.807) is 13.0 Å². The number of alkyl halides is 3.